The van der Waals surface area contributed by atoms with Crippen molar-refractivity contribution in [3.8, 4) is 11.5 Å². The van der Waals surface area contributed by atoms with Crippen molar-refractivity contribution in [3.05, 3.63) is 59.7 Å². The molecule has 4 rings (SSSR count). The van der Waals surface area contributed by atoms with Crippen LogP contribution in [0.3, 0.4) is 0 Å². The topological polar surface area (TPSA) is 55.8 Å². The quantitative estimate of drug-likeness (QED) is 0.731. The first-order chi connectivity index (χ1) is 13.2. The molecule has 5 heteroatoms. The van der Waals surface area contributed by atoms with Gasteiger partial charge >= 0.3 is 0 Å². The summed E-state index contributed by atoms with van der Waals surface area (Å²) in [6, 6.07) is 15.3. The van der Waals surface area contributed by atoms with Crippen molar-refractivity contribution in [2.75, 3.05) is 19.9 Å². The third-order valence-electron chi connectivity index (χ3n) is 5.30. The Morgan fingerprint density at radius 1 is 1.00 bits per heavy atom. The lowest BCUT2D eigenvalue weighted by Crippen LogP contribution is -2.28. The molecule has 27 heavy (non-hydrogen) atoms. The van der Waals surface area contributed by atoms with Crippen LogP contribution < -0.4 is 9.47 Å². The van der Waals surface area contributed by atoms with Gasteiger partial charge in [-0.1, -0.05) is 36.4 Å². The average Bonchev–Trinajstić information content (AvgIpc) is 3.37. The van der Waals surface area contributed by atoms with Gasteiger partial charge in [-0.05, 0) is 30.5 Å². The van der Waals surface area contributed by atoms with E-state index in [1.54, 1.807) is 0 Å². The fourth-order valence-electron chi connectivity index (χ4n) is 3.75. The average molecular weight is 365 g/mol. The maximum atomic E-state index is 12.5. The van der Waals surface area contributed by atoms with Crippen molar-refractivity contribution < 1.29 is 19.1 Å². The van der Waals surface area contributed by atoms with Gasteiger partial charge in [-0.15, -0.1) is 0 Å². The van der Waals surface area contributed by atoms with Crippen LogP contribution in [0.25, 0.3) is 0 Å². The van der Waals surface area contributed by atoms with E-state index in [-0.39, 0.29) is 18.5 Å². The number of nitrogens with zero attached hydrogens (tertiary/aromatic N) is 1. The second-order valence-electron chi connectivity index (χ2n) is 7.08. The van der Waals surface area contributed by atoms with E-state index in [2.05, 4.69) is 6.07 Å². The number of carbonyl (C=O) groups excluding carboxylic acids is 2. The van der Waals surface area contributed by atoms with Gasteiger partial charge < -0.3 is 14.4 Å². The number of rotatable bonds is 6. The van der Waals surface area contributed by atoms with Crippen LogP contribution in [0.1, 0.15) is 47.5 Å². The maximum absolute atomic E-state index is 12.5. The maximum Gasteiger partial charge on any atom is 0.231 e. The molecule has 2 heterocycles. The molecule has 5 nitrogen and oxygen atoms in total. The fourth-order valence-corrected chi connectivity index (χ4v) is 3.75. The minimum atomic E-state index is 0.100. The van der Waals surface area contributed by atoms with Crippen LogP contribution in [0.15, 0.2) is 48.5 Å². The summed E-state index contributed by atoms with van der Waals surface area (Å²) >= 11 is 0. The molecule has 0 N–H and O–H groups in total. The van der Waals surface area contributed by atoms with E-state index < -0.39 is 0 Å². The Labute approximate surface area is 158 Å². The van der Waals surface area contributed by atoms with E-state index in [0.29, 0.717) is 30.7 Å². The number of hydrogen-bond donors (Lipinski definition) is 0. The van der Waals surface area contributed by atoms with Gasteiger partial charge in [-0.2, -0.15) is 0 Å². The highest BCUT2D eigenvalue weighted by Gasteiger charge is 2.28. The van der Waals surface area contributed by atoms with E-state index in [4.69, 9.17) is 9.47 Å². The molecule has 0 saturated carbocycles. The van der Waals surface area contributed by atoms with E-state index in [1.165, 1.54) is 5.56 Å². The molecule has 140 valence electrons. The van der Waals surface area contributed by atoms with E-state index >= 15 is 0 Å². The number of ether oxygens (including phenoxy) is 2. The molecule has 2 aliphatic heterocycles. The van der Waals surface area contributed by atoms with E-state index in [0.717, 1.165) is 31.0 Å². The zero-order chi connectivity index (χ0) is 18.6. The van der Waals surface area contributed by atoms with Crippen LogP contribution in [0.5, 0.6) is 11.5 Å². The minimum absolute atomic E-state index is 0.100. The number of fused-ring (bicyclic) bond motifs is 1. The molecule has 0 spiro atoms. The third kappa shape index (κ3) is 3.97. The van der Waals surface area contributed by atoms with Gasteiger partial charge in [0, 0.05) is 37.4 Å². The predicted molar refractivity (Wildman–Crippen MR) is 101 cm³/mol. The predicted octanol–water partition coefficient (Wildman–Crippen LogP) is 3.78. The molecule has 1 amide bonds. The summed E-state index contributed by atoms with van der Waals surface area (Å²) in [5.74, 6) is 2.14. The fraction of sp³-hybridized carbons (Fsp3) is 0.364. The number of carbonyl (C=O) groups is 2. The van der Waals surface area contributed by atoms with E-state index in [1.807, 2.05) is 47.4 Å². The SMILES string of the molecule is O=C(CCCC(=O)N1CCC(c2ccc3c(c2)OCO3)C1)c1ccccc1. The number of benzene rings is 2. The molecule has 2 aromatic rings. The molecule has 2 aromatic carbocycles. The van der Waals surface area contributed by atoms with Gasteiger partial charge in [0.15, 0.2) is 17.3 Å². The van der Waals surface area contributed by atoms with Gasteiger partial charge in [0.2, 0.25) is 12.7 Å². The summed E-state index contributed by atoms with van der Waals surface area (Å²) in [6.07, 6.45) is 2.38. The van der Waals surface area contributed by atoms with Gasteiger partial charge in [0.25, 0.3) is 0 Å². The highest BCUT2D eigenvalue weighted by atomic mass is 16.7. The number of Topliss-reactive ketones (excluding diaryl/α,β-unsaturated/α-hetero) is 1. The molecule has 1 atom stereocenters. The number of ketones is 1. The van der Waals surface area contributed by atoms with Crippen LogP contribution in [0.4, 0.5) is 0 Å². The number of hydrogen-bond acceptors (Lipinski definition) is 4. The van der Waals surface area contributed by atoms with Gasteiger partial charge in [0.05, 0.1) is 0 Å². The van der Waals surface area contributed by atoms with Crippen LogP contribution >= 0.6 is 0 Å². The zero-order valence-electron chi connectivity index (χ0n) is 15.2. The lowest BCUT2D eigenvalue weighted by atomic mass is 9.98. The first-order valence-electron chi connectivity index (χ1n) is 9.46. The highest BCUT2D eigenvalue weighted by molar-refractivity contribution is 5.96. The lowest BCUT2D eigenvalue weighted by Gasteiger charge is -2.17. The molecule has 1 unspecified atom stereocenters. The normalized spacial score (nSPS) is 17.9. The van der Waals surface area contributed by atoms with Crippen LogP contribution in [-0.2, 0) is 4.79 Å². The first-order valence-corrected chi connectivity index (χ1v) is 9.46. The Bertz CT molecular complexity index is 833. The molecule has 0 aromatic heterocycles. The van der Waals surface area contributed by atoms with Gasteiger partial charge in [-0.25, -0.2) is 0 Å². The van der Waals surface area contributed by atoms with Crippen LogP contribution in [0.2, 0.25) is 0 Å². The first kappa shape index (κ1) is 17.6. The van der Waals surface area contributed by atoms with Crippen molar-refractivity contribution in [1.82, 2.24) is 4.90 Å². The summed E-state index contributed by atoms with van der Waals surface area (Å²) in [4.78, 5) is 26.5. The summed E-state index contributed by atoms with van der Waals surface area (Å²) in [5.41, 5.74) is 1.91. The van der Waals surface area contributed by atoms with Crippen LogP contribution in [-0.4, -0.2) is 36.5 Å². The lowest BCUT2D eigenvalue weighted by molar-refractivity contribution is -0.130. The summed E-state index contributed by atoms with van der Waals surface area (Å²) in [7, 11) is 0. The molecule has 1 fully saturated rings. The number of likely N-dealkylation sites (tertiary alicyclic amines) is 1. The summed E-state index contributed by atoms with van der Waals surface area (Å²) < 4.78 is 10.8. The van der Waals surface area contributed by atoms with E-state index in [9.17, 15) is 9.59 Å². The Kier molecular flexibility index (Phi) is 5.10. The Balaban J connectivity index is 1.26. The molecule has 0 bridgehead atoms. The van der Waals surface area contributed by atoms with Crippen molar-refractivity contribution in [2.45, 2.75) is 31.6 Å². The highest BCUT2D eigenvalue weighted by Crippen LogP contribution is 2.37. The van der Waals surface area contributed by atoms with Crippen molar-refractivity contribution in [2.24, 2.45) is 0 Å². The molecular weight excluding hydrogens is 342 g/mol. The van der Waals surface area contributed by atoms with Crippen molar-refractivity contribution in [3.63, 3.8) is 0 Å². The molecule has 2 aliphatic rings. The number of amides is 1. The Morgan fingerprint density at radius 3 is 2.67 bits per heavy atom. The standard InChI is InChI=1S/C22H23NO4/c24-19(16-5-2-1-3-6-16)7-4-8-22(25)23-12-11-18(14-23)17-9-10-20-21(13-17)27-15-26-20/h1-3,5-6,9-10,13,18H,4,7-8,11-12,14-15H2. The van der Waals surface area contributed by atoms with Crippen molar-refractivity contribution >= 4 is 11.7 Å². The second-order valence-corrected chi connectivity index (χ2v) is 7.08. The van der Waals surface area contributed by atoms with Crippen molar-refractivity contribution in [1.29, 1.82) is 0 Å². The summed E-state index contributed by atoms with van der Waals surface area (Å²) in [6.45, 7) is 1.77. The minimum Gasteiger partial charge on any atom is -0.454 e. The molecular formula is C22H23NO4. The van der Waals surface area contributed by atoms with Gasteiger partial charge in [0.1, 0.15) is 0 Å². The molecule has 0 aliphatic carbocycles. The molecule has 1 saturated heterocycles. The Morgan fingerprint density at radius 2 is 1.81 bits per heavy atom. The molecule has 0 radical (unpaired) electrons. The third-order valence-corrected chi connectivity index (χ3v) is 5.30. The summed E-state index contributed by atoms with van der Waals surface area (Å²) in [5, 5.41) is 0. The second kappa shape index (κ2) is 7.82. The van der Waals surface area contributed by atoms with Crippen LogP contribution in [0, 0.1) is 0 Å². The Hall–Kier alpha value is -2.82. The van der Waals surface area contributed by atoms with Gasteiger partial charge in [-0.3, -0.25) is 9.59 Å². The zero-order valence-corrected chi connectivity index (χ0v) is 15.2. The monoisotopic (exact) mass is 365 g/mol. The largest absolute Gasteiger partial charge is 0.454 e. The smallest absolute Gasteiger partial charge is 0.231 e.